The number of aryl methyl sites for hydroxylation is 1. The minimum Gasteiger partial charge on any atom is -0.233 e. The van der Waals surface area contributed by atoms with Crippen LogP contribution in [0.5, 0.6) is 0 Å². The summed E-state index contributed by atoms with van der Waals surface area (Å²) in [6.07, 6.45) is -2.22. The average molecular weight is 324 g/mol. The molecule has 0 aromatic heterocycles. The summed E-state index contributed by atoms with van der Waals surface area (Å²) in [4.78, 5) is 10.2. The average Bonchev–Trinajstić information content (AvgIpc) is 2.36. The molecule has 0 saturated carbocycles. The van der Waals surface area contributed by atoms with Crippen molar-refractivity contribution in [1.82, 2.24) is 9.03 Å². The third-order valence-electron chi connectivity index (χ3n) is 2.42. The fourth-order valence-corrected chi connectivity index (χ4v) is 3.49. The number of nitrogens with one attached hydrogen (secondary N) is 1. The van der Waals surface area contributed by atoms with Crippen molar-refractivity contribution < 1.29 is 26.0 Å². The fraction of sp³-hybridized carbons (Fsp3) is 0.300. The van der Waals surface area contributed by atoms with Gasteiger partial charge in [-0.05, 0) is 19.1 Å². The zero-order valence-electron chi connectivity index (χ0n) is 10.7. The monoisotopic (exact) mass is 324 g/mol. The van der Waals surface area contributed by atoms with Gasteiger partial charge in [-0.3, -0.25) is 0 Å². The minimum atomic E-state index is -4.53. The lowest BCUT2D eigenvalue weighted by Crippen LogP contribution is -2.41. The second-order valence-corrected chi connectivity index (χ2v) is 7.72. The van der Waals surface area contributed by atoms with E-state index in [2.05, 4.69) is 0 Å². The lowest BCUT2D eigenvalue weighted by molar-refractivity contribution is 0.206. The number of carbonyl (C=O) groups is 1. The highest BCUT2D eigenvalue weighted by Crippen LogP contribution is 2.11. The molecule has 0 bridgehead atoms. The number of carbonyl (C=O) groups excluding carboxylic acids is 1. The van der Waals surface area contributed by atoms with E-state index in [1.54, 1.807) is 23.8 Å². The molecule has 1 amide bonds. The molecule has 112 valence electrons. The van der Waals surface area contributed by atoms with Crippen molar-refractivity contribution in [3.8, 4) is 0 Å². The molecule has 1 rings (SSSR count). The van der Waals surface area contributed by atoms with E-state index < -0.39 is 32.1 Å². The van der Waals surface area contributed by atoms with Crippen LogP contribution in [0.3, 0.4) is 0 Å². The largest absolute Gasteiger partial charge is 0.414 e. The summed E-state index contributed by atoms with van der Waals surface area (Å²) < 4.78 is 60.2. The Balaban J connectivity index is 2.89. The van der Waals surface area contributed by atoms with Gasteiger partial charge in [0.15, 0.2) is 9.84 Å². The number of hydrogen-bond donors (Lipinski definition) is 1. The smallest absolute Gasteiger partial charge is 0.233 e. The van der Waals surface area contributed by atoms with Crippen molar-refractivity contribution in [2.75, 3.05) is 12.9 Å². The Morgan fingerprint density at radius 1 is 1.20 bits per heavy atom. The topological polar surface area (TPSA) is 101 Å². The van der Waals surface area contributed by atoms with E-state index in [0.29, 0.717) is 7.05 Å². The first-order valence-electron chi connectivity index (χ1n) is 5.29. The lowest BCUT2D eigenvalue weighted by Gasteiger charge is -2.14. The van der Waals surface area contributed by atoms with Crippen molar-refractivity contribution in [3.05, 3.63) is 29.8 Å². The van der Waals surface area contributed by atoms with Crippen LogP contribution in [0.4, 0.5) is 9.18 Å². The summed E-state index contributed by atoms with van der Waals surface area (Å²) >= 11 is 0. The van der Waals surface area contributed by atoms with Crippen molar-refractivity contribution in [2.45, 2.75) is 11.8 Å². The Kier molecular flexibility index (Phi) is 4.84. The third kappa shape index (κ3) is 3.99. The minimum absolute atomic E-state index is 0.0833. The fourth-order valence-electron chi connectivity index (χ4n) is 1.17. The number of nitrogens with zero attached hydrogens (tertiary/aromatic N) is 1. The number of hydrogen-bond acceptors (Lipinski definition) is 5. The van der Waals surface area contributed by atoms with E-state index in [1.807, 2.05) is 0 Å². The first-order chi connectivity index (χ1) is 9.06. The number of sulfone groups is 1. The molecule has 0 atom stereocenters. The molecule has 20 heavy (non-hydrogen) atoms. The van der Waals surface area contributed by atoms with Gasteiger partial charge in [0.2, 0.25) is 0 Å². The zero-order valence-corrected chi connectivity index (χ0v) is 12.3. The second-order valence-electron chi connectivity index (χ2n) is 3.94. The van der Waals surface area contributed by atoms with Crippen LogP contribution >= 0.6 is 0 Å². The molecule has 0 heterocycles. The molecule has 0 saturated heterocycles. The standard InChI is InChI=1S/C10H13FN2O5S2/c1-8-3-5-9(6-4-8)19(15,16)7-12-20(17,18)13(2)10(11)14/h3-6,12H,7H2,1-2H3. The van der Waals surface area contributed by atoms with Crippen LogP contribution in [-0.2, 0) is 20.0 Å². The maximum absolute atomic E-state index is 12.3. The van der Waals surface area contributed by atoms with Crippen LogP contribution in [0.2, 0.25) is 0 Å². The summed E-state index contributed by atoms with van der Waals surface area (Å²) in [5.74, 6) is -0.976. The van der Waals surface area contributed by atoms with Gasteiger partial charge >= 0.3 is 16.4 Å². The second kappa shape index (κ2) is 5.85. The van der Waals surface area contributed by atoms with Crippen LogP contribution in [0.25, 0.3) is 0 Å². The van der Waals surface area contributed by atoms with E-state index in [1.165, 1.54) is 12.1 Å². The van der Waals surface area contributed by atoms with Crippen LogP contribution in [0, 0.1) is 6.92 Å². The molecule has 10 heteroatoms. The summed E-state index contributed by atoms with van der Waals surface area (Å²) in [6, 6.07) is 5.75. The highest BCUT2D eigenvalue weighted by molar-refractivity contribution is 7.93. The van der Waals surface area contributed by atoms with Crippen LogP contribution in [0.1, 0.15) is 5.56 Å². The van der Waals surface area contributed by atoms with Crippen molar-refractivity contribution in [1.29, 1.82) is 0 Å². The quantitative estimate of drug-likeness (QED) is 0.631. The first kappa shape index (κ1) is 16.5. The van der Waals surface area contributed by atoms with Gasteiger partial charge in [0, 0.05) is 7.05 Å². The Labute approximate surface area is 116 Å². The molecular formula is C10H13FN2O5S2. The number of rotatable bonds is 5. The highest BCUT2D eigenvalue weighted by Gasteiger charge is 2.25. The van der Waals surface area contributed by atoms with Gasteiger partial charge in [-0.1, -0.05) is 17.7 Å². The predicted molar refractivity (Wildman–Crippen MR) is 69.6 cm³/mol. The Morgan fingerprint density at radius 3 is 2.15 bits per heavy atom. The summed E-state index contributed by atoms with van der Waals surface area (Å²) in [7, 11) is -7.78. The number of benzene rings is 1. The molecule has 0 aliphatic rings. The van der Waals surface area contributed by atoms with Gasteiger partial charge in [0.05, 0.1) is 4.90 Å². The molecule has 0 aliphatic carbocycles. The van der Waals surface area contributed by atoms with Gasteiger partial charge in [-0.15, -0.1) is 4.39 Å². The van der Waals surface area contributed by atoms with Gasteiger partial charge < -0.3 is 0 Å². The third-order valence-corrected chi connectivity index (χ3v) is 5.49. The van der Waals surface area contributed by atoms with Crippen LogP contribution in [0.15, 0.2) is 29.2 Å². The molecular weight excluding hydrogens is 311 g/mol. The Hall–Kier alpha value is -1.52. The summed E-state index contributed by atoms with van der Waals surface area (Å²) in [6.45, 7) is 1.76. The molecule has 1 N–H and O–H groups in total. The molecule has 0 radical (unpaired) electrons. The summed E-state index contributed by atoms with van der Waals surface area (Å²) in [5.41, 5.74) is 0.840. The van der Waals surface area contributed by atoms with Gasteiger partial charge in [0.25, 0.3) is 0 Å². The highest BCUT2D eigenvalue weighted by atomic mass is 32.2. The molecule has 0 unspecified atom stereocenters. The Morgan fingerprint density at radius 2 is 1.70 bits per heavy atom. The van der Waals surface area contributed by atoms with E-state index >= 15 is 0 Å². The van der Waals surface area contributed by atoms with E-state index in [-0.39, 0.29) is 9.20 Å². The van der Waals surface area contributed by atoms with E-state index in [4.69, 9.17) is 0 Å². The molecule has 0 aliphatic heterocycles. The van der Waals surface area contributed by atoms with Crippen molar-refractivity contribution >= 4 is 26.2 Å². The molecule has 0 spiro atoms. The Bertz CT molecular complexity index is 698. The van der Waals surface area contributed by atoms with Gasteiger partial charge in [0.1, 0.15) is 5.88 Å². The molecule has 7 nitrogen and oxygen atoms in total. The van der Waals surface area contributed by atoms with E-state index in [9.17, 15) is 26.0 Å². The van der Waals surface area contributed by atoms with Gasteiger partial charge in [-0.25, -0.2) is 17.5 Å². The van der Waals surface area contributed by atoms with Crippen molar-refractivity contribution in [2.24, 2.45) is 0 Å². The summed E-state index contributed by atoms with van der Waals surface area (Å²) in [5, 5.41) is 0. The van der Waals surface area contributed by atoms with Crippen molar-refractivity contribution in [3.63, 3.8) is 0 Å². The van der Waals surface area contributed by atoms with Gasteiger partial charge in [-0.2, -0.15) is 13.1 Å². The molecule has 1 aromatic rings. The van der Waals surface area contributed by atoms with Crippen LogP contribution < -0.4 is 4.72 Å². The SMILES string of the molecule is Cc1ccc(S(=O)(=O)CNS(=O)(=O)N(C)C(=O)F)cc1. The number of halogens is 1. The molecule has 0 fully saturated rings. The van der Waals surface area contributed by atoms with E-state index in [0.717, 1.165) is 5.56 Å². The predicted octanol–water partition coefficient (Wildman–Crippen LogP) is 0.582. The van der Waals surface area contributed by atoms with Crippen LogP contribution in [-0.4, -0.2) is 40.2 Å². The number of amides is 1. The maximum atomic E-state index is 12.3. The lowest BCUT2D eigenvalue weighted by atomic mass is 10.2. The first-order valence-corrected chi connectivity index (χ1v) is 8.38. The molecule has 1 aromatic carbocycles. The maximum Gasteiger partial charge on any atom is 0.414 e. The zero-order chi connectivity index (χ0) is 15.6. The normalized spacial score (nSPS) is 12.2.